The van der Waals surface area contributed by atoms with Crippen LogP contribution in [0.15, 0.2) is 36.5 Å². The molecule has 0 unspecified atom stereocenters. The third-order valence-corrected chi connectivity index (χ3v) is 3.22. The number of aryl methyl sites for hydroxylation is 1. The van der Waals surface area contributed by atoms with Gasteiger partial charge in [-0.2, -0.15) is 0 Å². The second kappa shape index (κ2) is 7.77. The number of carbonyl (C=O) groups is 1. The van der Waals surface area contributed by atoms with Crippen LogP contribution in [0.4, 0.5) is 5.69 Å². The summed E-state index contributed by atoms with van der Waals surface area (Å²) in [7, 11) is 1.59. The first kappa shape index (κ1) is 16.3. The summed E-state index contributed by atoms with van der Waals surface area (Å²) in [5.41, 5.74) is 2.07. The van der Waals surface area contributed by atoms with E-state index in [2.05, 4.69) is 10.3 Å². The molecule has 0 aliphatic rings. The van der Waals surface area contributed by atoms with Crippen molar-refractivity contribution in [3.8, 4) is 5.88 Å². The predicted molar refractivity (Wildman–Crippen MR) is 85.8 cm³/mol. The summed E-state index contributed by atoms with van der Waals surface area (Å²) in [4.78, 5) is 16.4. The molecule has 2 aromatic rings. The summed E-state index contributed by atoms with van der Waals surface area (Å²) < 4.78 is 10.3. The molecule has 2 rings (SSSR count). The van der Waals surface area contributed by atoms with Crippen molar-refractivity contribution in [2.24, 2.45) is 0 Å². The van der Waals surface area contributed by atoms with Gasteiger partial charge in [-0.25, -0.2) is 4.98 Å². The van der Waals surface area contributed by atoms with Crippen molar-refractivity contribution >= 4 is 23.2 Å². The SMILES string of the molecule is COCCOc1cc(C(=O)Nc2cc(Cl)ccc2C)ccn1. The molecule has 1 amide bonds. The zero-order valence-electron chi connectivity index (χ0n) is 12.4. The fraction of sp³-hybridized carbons (Fsp3) is 0.250. The van der Waals surface area contributed by atoms with E-state index < -0.39 is 0 Å². The topological polar surface area (TPSA) is 60.5 Å². The van der Waals surface area contributed by atoms with E-state index in [1.54, 1.807) is 31.4 Å². The monoisotopic (exact) mass is 320 g/mol. The van der Waals surface area contributed by atoms with Gasteiger partial charge in [0.2, 0.25) is 5.88 Å². The summed E-state index contributed by atoms with van der Waals surface area (Å²) in [5, 5.41) is 3.40. The van der Waals surface area contributed by atoms with E-state index in [-0.39, 0.29) is 5.91 Å². The Hall–Kier alpha value is -2.11. The Morgan fingerprint density at radius 3 is 2.86 bits per heavy atom. The third kappa shape index (κ3) is 4.44. The lowest BCUT2D eigenvalue weighted by atomic mass is 10.2. The van der Waals surface area contributed by atoms with E-state index in [0.717, 1.165) is 5.56 Å². The second-order valence-corrected chi connectivity index (χ2v) is 5.07. The highest BCUT2D eigenvalue weighted by molar-refractivity contribution is 6.31. The number of nitrogens with one attached hydrogen (secondary N) is 1. The lowest BCUT2D eigenvalue weighted by molar-refractivity contribution is 0.102. The lowest BCUT2D eigenvalue weighted by Gasteiger charge is -2.10. The first-order valence-corrected chi connectivity index (χ1v) is 7.13. The molecule has 0 bridgehead atoms. The van der Waals surface area contributed by atoms with Gasteiger partial charge in [0, 0.05) is 35.6 Å². The minimum atomic E-state index is -0.246. The van der Waals surface area contributed by atoms with Crippen LogP contribution in [0, 0.1) is 6.92 Å². The van der Waals surface area contributed by atoms with Crippen molar-refractivity contribution < 1.29 is 14.3 Å². The van der Waals surface area contributed by atoms with Crippen LogP contribution in [0.2, 0.25) is 5.02 Å². The van der Waals surface area contributed by atoms with Gasteiger partial charge in [0.1, 0.15) is 6.61 Å². The van der Waals surface area contributed by atoms with Gasteiger partial charge >= 0.3 is 0 Å². The van der Waals surface area contributed by atoms with Gasteiger partial charge in [-0.1, -0.05) is 17.7 Å². The molecule has 0 aliphatic carbocycles. The molecule has 0 aliphatic heterocycles. The molecule has 1 N–H and O–H groups in total. The van der Waals surface area contributed by atoms with Crippen molar-refractivity contribution in [1.82, 2.24) is 4.98 Å². The molecule has 116 valence electrons. The molecule has 1 aromatic heterocycles. The van der Waals surface area contributed by atoms with Gasteiger partial charge in [-0.3, -0.25) is 4.79 Å². The van der Waals surface area contributed by atoms with E-state index in [4.69, 9.17) is 21.1 Å². The molecular formula is C16H17ClN2O3. The van der Waals surface area contributed by atoms with Gasteiger partial charge in [-0.15, -0.1) is 0 Å². The van der Waals surface area contributed by atoms with Crippen LogP contribution in [0.25, 0.3) is 0 Å². The van der Waals surface area contributed by atoms with Crippen molar-refractivity contribution in [2.45, 2.75) is 6.92 Å². The number of aromatic nitrogens is 1. The molecule has 0 spiro atoms. The average Bonchev–Trinajstić information content (AvgIpc) is 2.51. The molecule has 5 nitrogen and oxygen atoms in total. The van der Waals surface area contributed by atoms with Crippen molar-refractivity contribution in [3.05, 3.63) is 52.7 Å². The lowest BCUT2D eigenvalue weighted by Crippen LogP contribution is -2.13. The summed E-state index contributed by atoms with van der Waals surface area (Å²) in [5.74, 6) is 0.136. The first-order chi connectivity index (χ1) is 10.6. The maximum atomic E-state index is 12.3. The fourth-order valence-electron chi connectivity index (χ4n) is 1.78. The van der Waals surface area contributed by atoms with E-state index >= 15 is 0 Å². The fourth-order valence-corrected chi connectivity index (χ4v) is 1.95. The van der Waals surface area contributed by atoms with Crippen LogP contribution in [0.3, 0.4) is 0 Å². The smallest absolute Gasteiger partial charge is 0.255 e. The van der Waals surface area contributed by atoms with E-state index in [1.807, 2.05) is 13.0 Å². The Balaban J connectivity index is 2.09. The van der Waals surface area contributed by atoms with Crippen LogP contribution in [0.1, 0.15) is 15.9 Å². The number of methoxy groups -OCH3 is 1. The van der Waals surface area contributed by atoms with Gasteiger partial charge < -0.3 is 14.8 Å². The average molecular weight is 321 g/mol. The molecule has 1 heterocycles. The first-order valence-electron chi connectivity index (χ1n) is 6.75. The van der Waals surface area contributed by atoms with E-state index in [0.29, 0.717) is 35.4 Å². The molecule has 0 saturated heterocycles. The minimum Gasteiger partial charge on any atom is -0.475 e. The number of ether oxygens (including phenoxy) is 2. The summed E-state index contributed by atoms with van der Waals surface area (Å²) in [6.07, 6.45) is 1.53. The normalized spacial score (nSPS) is 10.3. The Morgan fingerprint density at radius 1 is 1.27 bits per heavy atom. The Morgan fingerprint density at radius 2 is 2.09 bits per heavy atom. The molecular weight excluding hydrogens is 304 g/mol. The van der Waals surface area contributed by atoms with Crippen LogP contribution < -0.4 is 10.1 Å². The third-order valence-electron chi connectivity index (χ3n) is 2.98. The number of anilines is 1. The van der Waals surface area contributed by atoms with Crippen LogP contribution >= 0.6 is 11.6 Å². The summed E-state index contributed by atoms with van der Waals surface area (Å²) in [6, 6.07) is 8.56. The number of rotatable bonds is 6. The number of carbonyl (C=O) groups excluding carboxylic acids is 1. The molecule has 0 radical (unpaired) electrons. The second-order valence-electron chi connectivity index (χ2n) is 4.64. The van der Waals surface area contributed by atoms with Crippen molar-refractivity contribution in [1.29, 1.82) is 0 Å². The molecule has 1 aromatic carbocycles. The number of pyridine rings is 1. The van der Waals surface area contributed by atoms with Gasteiger partial charge in [0.05, 0.1) is 6.61 Å². The highest BCUT2D eigenvalue weighted by atomic mass is 35.5. The zero-order valence-corrected chi connectivity index (χ0v) is 13.2. The highest BCUT2D eigenvalue weighted by Gasteiger charge is 2.10. The number of nitrogens with zero attached hydrogens (tertiary/aromatic N) is 1. The number of benzene rings is 1. The minimum absolute atomic E-state index is 0.246. The number of amides is 1. The quantitative estimate of drug-likeness (QED) is 0.829. The number of hydrogen-bond acceptors (Lipinski definition) is 4. The predicted octanol–water partition coefficient (Wildman–Crippen LogP) is 3.32. The van der Waals surface area contributed by atoms with E-state index in [9.17, 15) is 4.79 Å². The molecule has 6 heteroatoms. The van der Waals surface area contributed by atoms with Crippen LogP contribution in [-0.4, -0.2) is 31.2 Å². The Bertz CT molecular complexity index is 662. The standard InChI is InChI=1S/C16H17ClN2O3/c1-11-3-4-13(17)10-14(11)19-16(20)12-5-6-18-15(9-12)22-8-7-21-2/h3-6,9-10H,7-8H2,1-2H3,(H,19,20). The maximum Gasteiger partial charge on any atom is 0.255 e. The molecule has 0 fully saturated rings. The molecule has 22 heavy (non-hydrogen) atoms. The summed E-state index contributed by atoms with van der Waals surface area (Å²) in [6.45, 7) is 2.74. The maximum absolute atomic E-state index is 12.3. The van der Waals surface area contributed by atoms with Crippen LogP contribution in [-0.2, 0) is 4.74 Å². The van der Waals surface area contributed by atoms with E-state index in [1.165, 1.54) is 6.20 Å². The largest absolute Gasteiger partial charge is 0.475 e. The number of hydrogen-bond donors (Lipinski definition) is 1. The highest BCUT2D eigenvalue weighted by Crippen LogP contribution is 2.21. The van der Waals surface area contributed by atoms with Gasteiger partial charge in [0.25, 0.3) is 5.91 Å². The van der Waals surface area contributed by atoms with Crippen molar-refractivity contribution in [3.63, 3.8) is 0 Å². The Labute approximate surface area is 134 Å². The molecule has 0 atom stereocenters. The number of halogens is 1. The van der Waals surface area contributed by atoms with Crippen LogP contribution in [0.5, 0.6) is 5.88 Å². The summed E-state index contributed by atoms with van der Waals surface area (Å²) >= 11 is 5.95. The molecule has 0 saturated carbocycles. The zero-order chi connectivity index (χ0) is 15.9. The van der Waals surface area contributed by atoms with Gasteiger partial charge in [0.15, 0.2) is 0 Å². The van der Waals surface area contributed by atoms with Gasteiger partial charge in [-0.05, 0) is 30.7 Å². The van der Waals surface area contributed by atoms with Crippen molar-refractivity contribution in [2.75, 3.05) is 25.6 Å². The Kier molecular flexibility index (Phi) is 5.75.